The first-order valence-corrected chi connectivity index (χ1v) is 11.1. The van der Waals surface area contributed by atoms with Crippen LogP contribution in [0.3, 0.4) is 0 Å². The number of carbonyl (C=O) groups is 1. The Kier molecular flexibility index (Phi) is 5.58. The van der Waals surface area contributed by atoms with Gasteiger partial charge in [0.05, 0.1) is 4.90 Å². The molecular weight excluding hydrogens is 412 g/mol. The zero-order valence-electron chi connectivity index (χ0n) is 17.2. The summed E-state index contributed by atoms with van der Waals surface area (Å²) >= 11 is 0. The molecule has 4 rings (SSSR count). The molecule has 2 aromatic heterocycles. The Hall–Kier alpha value is -3.49. The summed E-state index contributed by atoms with van der Waals surface area (Å²) in [5.74, 6) is -0.361. The first-order valence-electron chi connectivity index (χ1n) is 9.71. The molecule has 0 aliphatic rings. The summed E-state index contributed by atoms with van der Waals surface area (Å²) in [6, 6.07) is 21.2. The first kappa shape index (κ1) is 20.8. The molecule has 0 saturated heterocycles. The van der Waals surface area contributed by atoms with Crippen molar-refractivity contribution < 1.29 is 13.2 Å². The molecule has 2 aromatic carbocycles. The number of pyridine rings is 1. The van der Waals surface area contributed by atoms with E-state index < -0.39 is 10.0 Å². The molecule has 0 aliphatic carbocycles. The Morgan fingerprint density at radius 3 is 2.39 bits per heavy atom. The number of sulfonamides is 1. The minimum absolute atomic E-state index is 0.160. The molecule has 1 amide bonds. The first-order chi connectivity index (χ1) is 14.8. The highest BCUT2D eigenvalue weighted by molar-refractivity contribution is 7.89. The molecule has 0 radical (unpaired) electrons. The number of amides is 1. The van der Waals surface area contributed by atoms with Crippen molar-refractivity contribution in [3.63, 3.8) is 0 Å². The summed E-state index contributed by atoms with van der Waals surface area (Å²) in [5.41, 5.74) is 3.34. The maximum atomic E-state index is 12.8. The van der Waals surface area contributed by atoms with Gasteiger partial charge in [-0.25, -0.2) is 13.4 Å². The summed E-state index contributed by atoms with van der Waals surface area (Å²) in [4.78, 5) is 17.1. The fourth-order valence-electron chi connectivity index (χ4n) is 3.27. The Bertz CT molecular complexity index is 1330. The van der Waals surface area contributed by atoms with Crippen LogP contribution >= 0.6 is 0 Å². The SMILES string of the molecule is Cc1cccc2nc(C(=O)Nc3ccc(S(=O)(=O)N(C)Cc4ccccc4)cc3)cn12. The Morgan fingerprint density at radius 1 is 1.00 bits per heavy atom. The second kappa shape index (κ2) is 8.33. The number of aryl methyl sites for hydroxylation is 1. The molecule has 1 N–H and O–H groups in total. The van der Waals surface area contributed by atoms with Gasteiger partial charge in [-0.15, -0.1) is 0 Å². The third-order valence-corrected chi connectivity index (χ3v) is 6.81. The molecule has 31 heavy (non-hydrogen) atoms. The van der Waals surface area contributed by atoms with Crippen molar-refractivity contribution in [1.29, 1.82) is 0 Å². The molecule has 0 spiro atoms. The lowest BCUT2D eigenvalue weighted by Crippen LogP contribution is -2.26. The number of hydrogen-bond donors (Lipinski definition) is 1. The van der Waals surface area contributed by atoms with Gasteiger partial charge < -0.3 is 9.72 Å². The molecule has 0 aliphatic heterocycles. The van der Waals surface area contributed by atoms with Gasteiger partial charge in [0, 0.05) is 31.2 Å². The number of imidazole rings is 1. The number of fused-ring (bicyclic) bond motifs is 1. The number of anilines is 1. The molecule has 0 atom stereocenters. The molecule has 0 bridgehead atoms. The van der Waals surface area contributed by atoms with E-state index in [-0.39, 0.29) is 23.0 Å². The van der Waals surface area contributed by atoms with Gasteiger partial charge in [-0.3, -0.25) is 4.79 Å². The van der Waals surface area contributed by atoms with E-state index >= 15 is 0 Å². The standard InChI is InChI=1S/C23H22N4O3S/c1-17-7-6-10-22-25-21(16-27(17)22)23(28)24-19-11-13-20(14-12-19)31(29,30)26(2)15-18-8-4-3-5-9-18/h3-14,16H,15H2,1-2H3,(H,24,28). The quantitative estimate of drug-likeness (QED) is 0.501. The van der Waals surface area contributed by atoms with Gasteiger partial charge >= 0.3 is 0 Å². The van der Waals surface area contributed by atoms with Crippen molar-refractivity contribution in [1.82, 2.24) is 13.7 Å². The summed E-state index contributed by atoms with van der Waals surface area (Å²) in [7, 11) is -2.11. The average molecular weight is 435 g/mol. The van der Waals surface area contributed by atoms with Crippen molar-refractivity contribution in [3.8, 4) is 0 Å². The minimum Gasteiger partial charge on any atom is -0.321 e. The van der Waals surface area contributed by atoms with E-state index in [9.17, 15) is 13.2 Å². The van der Waals surface area contributed by atoms with Crippen molar-refractivity contribution in [2.24, 2.45) is 0 Å². The minimum atomic E-state index is -3.65. The van der Waals surface area contributed by atoms with E-state index in [4.69, 9.17) is 0 Å². The molecule has 8 heteroatoms. The number of benzene rings is 2. The summed E-state index contributed by atoms with van der Waals surface area (Å²) in [5, 5.41) is 2.76. The predicted octanol–water partition coefficient (Wildman–Crippen LogP) is 3.72. The van der Waals surface area contributed by atoms with Crippen LogP contribution in [0.2, 0.25) is 0 Å². The topological polar surface area (TPSA) is 83.8 Å². The Balaban J connectivity index is 1.48. The molecule has 2 heterocycles. The van der Waals surface area contributed by atoms with E-state index in [2.05, 4.69) is 10.3 Å². The van der Waals surface area contributed by atoms with Crippen molar-refractivity contribution in [3.05, 3.63) is 95.9 Å². The van der Waals surface area contributed by atoms with Crippen LogP contribution in [-0.2, 0) is 16.6 Å². The van der Waals surface area contributed by atoms with E-state index in [0.29, 0.717) is 11.3 Å². The fraction of sp³-hybridized carbons (Fsp3) is 0.130. The monoisotopic (exact) mass is 434 g/mol. The number of hydrogen-bond acceptors (Lipinski definition) is 4. The number of carbonyl (C=O) groups excluding carboxylic acids is 1. The lowest BCUT2D eigenvalue weighted by atomic mass is 10.2. The van der Waals surface area contributed by atoms with Crippen LogP contribution in [0.5, 0.6) is 0 Å². The summed E-state index contributed by atoms with van der Waals surface area (Å²) < 4.78 is 28.8. The van der Waals surface area contributed by atoms with Crippen molar-refractivity contribution in [2.45, 2.75) is 18.4 Å². The van der Waals surface area contributed by atoms with Crippen LogP contribution in [0.25, 0.3) is 5.65 Å². The normalized spacial score (nSPS) is 11.7. The maximum Gasteiger partial charge on any atom is 0.275 e. The second-order valence-electron chi connectivity index (χ2n) is 7.25. The van der Waals surface area contributed by atoms with E-state index in [1.807, 2.05) is 59.9 Å². The van der Waals surface area contributed by atoms with Crippen LogP contribution in [0, 0.1) is 6.92 Å². The highest BCUT2D eigenvalue weighted by atomic mass is 32.2. The van der Waals surface area contributed by atoms with Crippen LogP contribution < -0.4 is 5.32 Å². The van der Waals surface area contributed by atoms with Gasteiger partial charge in [0.25, 0.3) is 5.91 Å². The molecule has 0 fully saturated rings. The van der Waals surface area contributed by atoms with Gasteiger partial charge in [0.1, 0.15) is 11.3 Å². The van der Waals surface area contributed by atoms with Gasteiger partial charge in [-0.05, 0) is 48.9 Å². The van der Waals surface area contributed by atoms with Gasteiger partial charge in [0.2, 0.25) is 10.0 Å². The third kappa shape index (κ3) is 4.35. The number of nitrogens with one attached hydrogen (secondary N) is 1. The predicted molar refractivity (Wildman–Crippen MR) is 119 cm³/mol. The summed E-state index contributed by atoms with van der Waals surface area (Å²) in [6.07, 6.45) is 1.68. The van der Waals surface area contributed by atoms with Crippen LogP contribution in [0.1, 0.15) is 21.7 Å². The van der Waals surface area contributed by atoms with Crippen LogP contribution in [0.15, 0.2) is 83.9 Å². The molecule has 7 nitrogen and oxygen atoms in total. The van der Waals surface area contributed by atoms with E-state index in [1.54, 1.807) is 25.4 Å². The lowest BCUT2D eigenvalue weighted by molar-refractivity contribution is 0.102. The van der Waals surface area contributed by atoms with Crippen LogP contribution in [0.4, 0.5) is 5.69 Å². The number of aromatic nitrogens is 2. The fourth-order valence-corrected chi connectivity index (χ4v) is 4.43. The van der Waals surface area contributed by atoms with Gasteiger partial charge in [0.15, 0.2) is 0 Å². The maximum absolute atomic E-state index is 12.8. The molecule has 0 unspecified atom stereocenters. The third-order valence-electron chi connectivity index (χ3n) is 5.00. The number of nitrogens with zero attached hydrogens (tertiary/aromatic N) is 3. The highest BCUT2D eigenvalue weighted by Gasteiger charge is 2.21. The van der Waals surface area contributed by atoms with Gasteiger partial charge in [-0.2, -0.15) is 4.31 Å². The number of rotatable bonds is 6. The zero-order valence-corrected chi connectivity index (χ0v) is 18.0. The molecule has 0 saturated carbocycles. The Morgan fingerprint density at radius 2 is 1.71 bits per heavy atom. The largest absolute Gasteiger partial charge is 0.321 e. The highest BCUT2D eigenvalue weighted by Crippen LogP contribution is 2.20. The zero-order chi connectivity index (χ0) is 22.0. The van der Waals surface area contributed by atoms with Crippen molar-refractivity contribution >= 4 is 27.3 Å². The van der Waals surface area contributed by atoms with Crippen LogP contribution in [-0.4, -0.2) is 35.1 Å². The average Bonchev–Trinajstić information content (AvgIpc) is 3.21. The molecule has 4 aromatic rings. The molecule has 158 valence electrons. The van der Waals surface area contributed by atoms with Gasteiger partial charge in [-0.1, -0.05) is 36.4 Å². The smallest absolute Gasteiger partial charge is 0.275 e. The lowest BCUT2D eigenvalue weighted by Gasteiger charge is -2.17. The van der Waals surface area contributed by atoms with E-state index in [1.165, 1.54) is 16.4 Å². The van der Waals surface area contributed by atoms with Crippen molar-refractivity contribution in [2.75, 3.05) is 12.4 Å². The van der Waals surface area contributed by atoms with E-state index in [0.717, 1.165) is 11.3 Å². The Labute approximate surface area is 181 Å². The second-order valence-corrected chi connectivity index (χ2v) is 9.29. The molecular formula is C23H22N4O3S. The summed E-state index contributed by atoms with van der Waals surface area (Å²) in [6.45, 7) is 2.21.